The molecule has 1 heterocycles. The number of methoxy groups -OCH3 is 1. The molecule has 6 heteroatoms. The van der Waals surface area contributed by atoms with E-state index in [1.807, 2.05) is 62.0 Å². The zero-order chi connectivity index (χ0) is 23.7. The maximum absolute atomic E-state index is 13.7. The van der Waals surface area contributed by atoms with Crippen molar-refractivity contribution >= 4 is 36.8 Å². The third-order valence-corrected chi connectivity index (χ3v) is 27.4. The molecule has 0 bridgehead atoms. The quantitative estimate of drug-likeness (QED) is 0.155. The van der Waals surface area contributed by atoms with Crippen LogP contribution in [-0.4, -0.2) is 33.7 Å². The predicted molar refractivity (Wildman–Crippen MR) is 145 cm³/mol. The second-order valence-electron chi connectivity index (χ2n) is 8.85. The summed E-state index contributed by atoms with van der Waals surface area (Å²) in [4.78, 5) is 18.8. The van der Waals surface area contributed by atoms with E-state index in [0.717, 1.165) is 22.1 Å². The van der Waals surface area contributed by atoms with Gasteiger partial charge in [0.05, 0.1) is 0 Å². The molecule has 0 saturated carbocycles. The van der Waals surface area contributed by atoms with Crippen molar-refractivity contribution < 1.29 is 4.74 Å². The van der Waals surface area contributed by atoms with E-state index in [0.29, 0.717) is 5.39 Å². The average Bonchev–Trinajstić information content (AvgIpc) is 2.85. The van der Waals surface area contributed by atoms with Crippen molar-refractivity contribution in [1.29, 1.82) is 0 Å². The molecular formula is C27H38N2O2SSn. The van der Waals surface area contributed by atoms with Crippen LogP contribution in [0.4, 0.5) is 0 Å². The van der Waals surface area contributed by atoms with Gasteiger partial charge in [0.15, 0.2) is 0 Å². The number of fused-ring (bicyclic) bond motifs is 1. The van der Waals surface area contributed by atoms with Crippen LogP contribution in [0.3, 0.4) is 0 Å². The van der Waals surface area contributed by atoms with Gasteiger partial charge in [-0.2, -0.15) is 0 Å². The zero-order valence-electron chi connectivity index (χ0n) is 20.6. The monoisotopic (exact) mass is 574 g/mol. The molecule has 2 aromatic carbocycles. The number of unbranched alkanes of at least 4 members (excludes halogenated alkanes) is 3. The number of aromatic nitrogens is 2. The molecule has 33 heavy (non-hydrogen) atoms. The summed E-state index contributed by atoms with van der Waals surface area (Å²) in [5.41, 5.74) is 1.69. The minimum atomic E-state index is -2.65. The fourth-order valence-electron chi connectivity index (χ4n) is 4.36. The van der Waals surface area contributed by atoms with E-state index in [9.17, 15) is 4.79 Å². The molecule has 0 atom stereocenters. The van der Waals surface area contributed by atoms with Gasteiger partial charge in [-0.3, -0.25) is 0 Å². The van der Waals surface area contributed by atoms with E-state index >= 15 is 0 Å². The van der Waals surface area contributed by atoms with Gasteiger partial charge in [0.2, 0.25) is 0 Å². The Morgan fingerprint density at radius 3 is 2.00 bits per heavy atom. The Labute approximate surface area is 205 Å². The van der Waals surface area contributed by atoms with Crippen molar-refractivity contribution in [1.82, 2.24) is 9.55 Å². The Morgan fingerprint density at radius 2 is 1.45 bits per heavy atom. The number of benzene rings is 2. The van der Waals surface area contributed by atoms with E-state index in [4.69, 9.17) is 9.72 Å². The van der Waals surface area contributed by atoms with Crippen LogP contribution in [0.5, 0.6) is 5.75 Å². The number of para-hydroxylation sites is 1. The Balaban J connectivity index is 2.17. The second-order valence-corrected chi connectivity index (χ2v) is 28.0. The summed E-state index contributed by atoms with van der Waals surface area (Å²) in [7, 11) is 3.71. The molecule has 1 aromatic heterocycles. The summed E-state index contributed by atoms with van der Waals surface area (Å²) < 4.78 is 11.3. The Bertz CT molecular complexity index is 1060. The molecule has 4 nitrogen and oxygen atoms in total. The Morgan fingerprint density at radius 1 is 0.879 bits per heavy atom. The standard InChI is InChI=1S/C15H12N2O2S.3C4H9.Sn/c1-19-11-8-6-10(7-9-11)17-14(18)12-4-2-3-5-13(12)16-15(17)20;3*1-3-4-2;/h2-9H,1H3,(H,16,20);3*1,3-4H2,2H3;/q;;;;+1/p-1. The summed E-state index contributed by atoms with van der Waals surface area (Å²) in [6.07, 6.45) is 7.56. The van der Waals surface area contributed by atoms with Gasteiger partial charge in [-0.25, -0.2) is 0 Å². The molecule has 0 saturated heterocycles. The molecule has 0 fully saturated rings. The minimum absolute atomic E-state index is 0.0231. The van der Waals surface area contributed by atoms with Crippen LogP contribution in [0.15, 0.2) is 58.5 Å². The summed E-state index contributed by atoms with van der Waals surface area (Å²) in [6, 6.07) is 15.6. The molecule has 0 amide bonds. The third-order valence-electron chi connectivity index (χ3n) is 6.34. The zero-order valence-corrected chi connectivity index (χ0v) is 24.3. The molecule has 0 N–H and O–H groups in total. The van der Waals surface area contributed by atoms with Crippen molar-refractivity contribution in [2.45, 2.75) is 77.8 Å². The first-order chi connectivity index (χ1) is 16.1. The van der Waals surface area contributed by atoms with Gasteiger partial charge < -0.3 is 0 Å². The van der Waals surface area contributed by atoms with E-state index in [2.05, 4.69) is 20.8 Å². The van der Waals surface area contributed by atoms with Crippen molar-refractivity contribution in [3.05, 3.63) is 58.9 Å². The Hall–Kier alpha value is -1.47. The molecule has 178 valence electrons. The van der Waals surface area contributed by atoms with Gasteiger partial charge in [0.1, 0.15) is 0 Å². The fraction of sp³-hybridized carbons (Fsp3) is 0.481. The van der Waals surface area contributed by atoms with Gasteiger partial charge in [-0.15, -0.1) is 0 Å². The van der Waals surface area contributed by atoms with Gasteiger partial charge in [-0.05, 0) is 0 Å². The van der Waals surface area contributed by atoms with Crippen LogP contribution < -0.4 is 10.3 Å². The first-order valence-electron chi connectivity index (χ1n) is 12.4. The summed E-state index contributed by atoms with van der Waals surface area (Å²) >= 11 is -2.65. The number of rotatable bonds is 13. The SMILES string of the molecule is CCC[CH2][Sn]([CH2]CCC)([CH2]CCC)[S]c1nc2ccccc2c(=O)n1-c1ccc(OC)cc1. The molecule has 0 aliphatic heterocycles. The van der Waals surface area contributed by atoms with Gasteiger partial charge in [0.25, 0.3) is 0 Å². The first-order valence-corrected chi connectivity index (χ1v) is 22.8. The van der Waals surface area contributed by atoms with E-state index < -0.39 is 17.0 Å². The van der Waals surface area contributed by atoms with Crippen molar-refractivity contribution in [3.63, 3.8) is 0 Å². The van der Waals surface area contributed by atoms with Crippen molar-refractivity contribution in [2.24, 2.45) is 0 Å². The first kappa shape index (κ1) is 26.1. The van der Waals surface area contributed by atoms with Crippen molar-refractivity contribution in [2.75, 3.05) is 7.11 Å². The maximum atomic E-state index is 13.7. The third kappa shape index (κ3) is 6.56. The van der Waals surface area contributed by atoms with Gasteiger partial charge >= 0.3 is 206 Å². The summed E-state index contributed by atoms with van der Waals surface area (Å²) in [5.74, 6) is 0.789. The molecule has 0 unspecified atom stereocenters. The number of ether oxygens (including phenoxy) is 1. The fourth-order valence-corrected chi connectivity index (χ4v) is 26.2. The molecule has 0 aliphatic rings. The second kappa shape index (κ2) is 12.8. The number of hydrogen-bond donors (Lipinski definition) is 0. The van der Waals surface area contributed by atoms with E-state index in [1.54, 1.807) is 7.11 Å². The van der Waals surface area contributed by atoms with Crippen LogP contribution in [-0.2, 0) is 0 Å². The van der Waals surface area contributed by atoms with E-state index in [1.165, 1.54) is 51.8 Å². The predicted octanol–water partition coefficient (Wildman–Crippen LogP) is 7.83. The average molecular weight is 573 g/mol. The van der Waals surface area contributed by atoms with Crippen LogP contribution in [0.1, 0.15) is 59.3 Å². The van der Waals surface area contributed by atoms with E-state index in [-0.39, 0.29) is 5.56 Å². The van der Waals surface area contributed by atoms with Crippen LogP contribution in [0.2, 0.25) is 13.3 Å². The number of hydrogen-bond acceptors (Lipinski definition) is 4. The van der Waals surface area contributed by atoms with Crippen molar-refractivity contribution in [3.8, 4) is 11.4 Å². The summed E-state index contributed by atoms with van der Waals surface area (Å²) in [6.45, 7) is 6.88. The van der Waals surface area contributed by atoms with Crippen LogP contribution >= 0.6 is 8.95 Å². The molecule has 0 radical (unpaired) electrons. The molecule has 3 rings (SSSR count). The molecular weight excluding hydrogens is 535 g/mol. The van der Waals surface area contributed by atoms with Gasteiger partial charge in [-0.1, -0.05) is 0 Å². The molecule has 0 aliphatic carbocycles. The molecule has 3 aromatic rings. The Kier molecular flexibility index (Phi) is 10.2. The number of nitrogens with zero attached hydrogens (tertiary/aromatic N) is 2. The summed E-state index contributed by atoms with van der Waals surface area (Å²) in [5, 5.41) is 1.57. The van der Waals surface area contributed by atoms with Crippen LogP contribution in [0, 0.1) is 0 Å². The molecule has 0 spiro atoms. The van der Waals surface area contributed by atoms with Crippen LogP contribution in [0.25, 0.3) is 16.6 Å². The van der Waals surface area contributed by atoms with Gasteiger partial charge in [0, 0.05) is 0 Å². The topological polar surface area (TPSA) is 44.1 Å². The normalized spacial score (nSPS) is 11.8.